The molecule has 2 N–H and O–H groups in total. The van der Waals surface area contributed by atoms with Crippen molar-refractivity contribution in [1.82, 2.24) is 4.84 Å². The highest BCUT2D eigenvalue weighted by atomic mass is 35.5. The number of fused-ring (bicyclic) bond motifs is 1. The van der Waals surface area contributed by atoms with Crippen molar-refractivity contribution in [1.29, 1.82) is 0 Å². The number of hydrogen-bond donors (Lipinski definition) is 2. The SMILES string of the molecule is O=C1Cc2cc(OC[C@H](NCl)c3ccccc3)ccc2N1. The van der Waals surface area contributed by atoms with Gasteiger partial charge < -0.3 is 10.1 Å². The highest BCUT2D eigenvalue weighted by Gasteiger charge is 2.18. The van der Waals surface area contributed by atoms with Gasteiger partial charge in [-0.1, -0.05) is 30.3 Å². The van der Waals surface area contributed by atoms with Crippen LogP contribution in [-0.2, 0) is 11.2 Å². The Morgan fingerprint density at radius 1 is 1.24 bits per heavy atom. The average molecular weight is 303 g/mol. The third-order valence-corrected chi connectivity index (χ3v) is 3.72. The summed E-state index contributed by atoms with van der Waals surface area (Å²) in [6.07, 6.45) is 0.405. The Morgan fingerprint density at radius 2 is 2.05 bits per heavy atom. The lowest BCUT2D eigenvalue weighted by Gasteiger charge is -2.16. The maximum absolute atomic E-state index is 11.3. The summed E-state index contributed by atoms with van der Waals surface area (Å²) < 4.78 is 5.79. The highest BCUT2D eigenvalue weighted by molar-refractivity contribution is 6.13. The van der Waals surface area contributed by atoms with Crippen LogP contribution in [0.15, 0.2) is 48.5 Å². The minimum absolute atomic E-state index is 0.0201. The Kier molecular flexibility index (Phi) is 4.08. The van der Waals surface area contributed by atoms with Crippen LogP contribution in [0.25, 0.3) is 0 Å². The van der Waals surface area contributed by atoms with Crippen molar-refractivity contribution in [3.05, 3.63) is 59.7 Å². The zero-order valence-corrected chi connectivity index (χ0v) is 12.1. The molecule has 5 heteroatoms. The second kappa shape index (κ2) is 6.16. The molecule has 0 fully saturated rings. The summed E-state index contributed by atoms with van der Waals surface area (Å²) in [6.45, 7) is 0.410. The number of halogens is 1. The fraction of sp³-hybridized carbons (Fsp3) is 0.188. The normalized spacial score (nSPS) is 14.4. The van der Waals surface area contributed by atoms with E-state index in [1.807, 2.05) is 48.5 Å². The van der Waals surface area contributed by atoms with Crippen LogP contribution in [0.1, 0.15) is 17.2 Å². The highest BCUT2D eigenvalue weighted by Crippen LogP contribution is 2.27. The minimum Gasteiger partial charge on any atom is -0.492 e. The summed E-state index contributed by atoms with van der Waals surface area (Å²) in [5.74, 6) is 0.754. The van der Waals surface area contributed by atoms with Gasteiger partial charge in [0.05, 0.1) is 12.5 Å². The van der Waals surface area contributed by atoms with Crippen molar-refractivity contribution in [2.75, 3.05) is 11.9 Å². The van der Waals surface area contributed by atoms with E-state index in [-0.39, 0.29) is 11.9 Å². The molecule has 108 valence electrons. The molecule has 0 unspecified atom stereocenters. The number of amides is 1. The molecule has 1 aliphatic heterocycles. The van der Waals surface area contributed by atoms with Crippen LogP contribution in [0.2, 0.25) is 0 Å². The van der Waals surface area contributed by atoms with E-state index in [1.54, 1.807) is 0 Å². The van der Waals surface area contributed by atoms with E-state index in [1.165, 1.54) is 0 Å². The van der Waals surface area contributed by atoms with E-state index in [0.29, 0.717) is 13.0 Å². The average Bonchev–Trinajstić information content (AvgIpc) is 2.88. The molecule has 2 aromatic rings. The van der Waals surface area contributed by atoms with E-state index in [0.717, 1.165) is 22.6 Å². The van der Waals surface area contributed by atoms with Gasteiger partial charge in [-0.15, -0.1) is 0 Å². The topological polar surface area (TPSA) is 50.4 Å². The van der Waals surface area contributed by atoms with Gasteiger partial charge in [0.1, 0.15) is 12.4 Å². The second-order valence-corrected chi connectivity index (χ2v) is 5.15. The number of carbonyl (C=O) groups excluding carboxylic acids is 1. The van der Waals surface area contributed by atoms with Gasteiger partial charge in [-0.2, -0.15) is 0 Å². The first-order valence-electron chi connectivity index (χ1n) is 6.73. The van der Waals surface area contributed by atoms with Crippen molar-refractivity contribution in [3.63, 3.8) is 0 Å². The number of carbonyl (C=O) groups is 1. The Hall–Kier alpha value is -2.04. The number of rotatable bonds is 5. The smallest absolute Gasteiger partial charge is 0.228 e. The van der Waals surface area contributed by atoms with Crippen LogP contribution in [0.3, 0.4) is 0 Å². The van der Waals surface area contributed by atoms with E-state index >= 15 is 0 Å². The Bertz CT molecular complexity index is 646. The molecule has 0 bridgehead atoms. The number of benzene rings is 2. The zero-order valence-electron chi connectivity index (χ0n) is 11.3. The number of nitrogens with one attached hydrogen (secondary N) is 2. The molecule has 0 radical (unpaired) electrons. The largest absolute Gasteiger partial charge is 0.492 e. The van der Waals surface area contributed by atoms with Gasteiger partial charge in [0.2, 0.25) is 5.91 Å². The minimum atomic E-state index is -0.0964. The van der Waals surface area contributed by atoms with E-state index in [2.05, 4.69) is 10.2 Å². The van der Waals surface area contributed by atoms with Crippen molar-refractivity contribution >= 4 is 23.4 Å². The molecule has 0 saturated carbocycles. The molecular formula is C16H15ClN2O2. The van der Waals surface area contributed by atoms with Crippen molar-refractivity contribution in [2.45, 2.75) is 12.5 Å². The molecule has 0 saturated heterocycles. The molecule has 1 atom stereocenters. The van der Waals surface area contributed by atoms with Crippen LogP contribution in [0, 0.1) is 0 Å². The van der Waals surface area contributed by atoms with Crippen molar-refractivity contribution in [3.8, 4) is 5.75 Å². The third-order valence-electron chi connectivity index (χ3n) is 3.45. The number of hydrogen-bond acceptors (Lipinski definition) is 3. The van der Waals surface area contributed by atoms with Crippen LogP contribution in [-0.4, -0.2) is 12.5 Å². The molecule has 1 amide bonds. The van der Waals surface area contributed by atoms with Gasteiger partial charge in [-0.25, -0.2) is 4.84 Å². The predicted molar refractivity (Wildman–Crippen MR) is 82.4 cm³/mol. The Morgan fingerprint density at radius 3 is 2.81 bits per heavy atom. The molecule has 1 aliphatic rings. The first-order chi connectivity index (χ1) is 10.3. The predicted octanol–water partition coefficient (Wildman–Crippen LogP) is 3.04. The standard InChI is InChI=1S/C16H15ClN2O2/c17-19-15(11-4-2-1-3-5-11)10-21-13-6-7-14-12(8-13)9-16(20)18-14/h1-8,15,19H,9-10H2,(H,18,20)/t15-/m0/s1. The molecule has 0 spiro atoms. The molecular weight excluding hydrogens is 288 g/mol. The molecule has 3 rings (SSSR count). The van der Waals surface area contributed by atoms with Gasteiger partial charge in [0.15, 0.2) is 0 Å². The van der Waals surface area contributed by atoms with Gasteiger partial charge in [-0.3, -0.25) is 4.79 Å². The van der Waals surface area contributed by atoms with Crippen molar-refractivity contribution < 1.29 is 9.53 Å². The van der Waals surface area contributed by atoms with Gasteiger partial charge >= 0.3 is 0 Å². The maximum Gasteiger partial charge on any atom is 0.228 e. The summed E-state index contributed by atoms with van der Waals surface area (Å²) in [4.78, 5) is 14.1. The first kappa shape index (κ1) is 13.9. The first-order valence-corrected chi connectivity index (χ1v) is 7.11. The van der Waals surface area contributed by atoms with E-state index in [9.17, 15) is 4.79 Å². The number of anilines is 1. The molecule has 1 heterocycles. The third kappa shape index (κ3) is 3.17. The van der Waals surface area contributed by atoms with Gasteiger partial charge in [-0.05, 0) is 41.1 Å². The van der Waals surface area contributed by atoms with E-state index in [4.69, 9.17) is 16.5 Å². The lowest BCUT2D eigenvalue weighted by atomic mass is 10.1. The summed E-state index contributed by atoms with van der Waals surface area (Å²) >= 11 is 5.80. The van der Waals surface area contributed by atoms with E-state index < -0.39 is 0 Å². The Balaban J connectivity index is 1.67. The second-order valence-electron chi connectivity index (χ2n) is 4.93. The summed E-state index contributed by atoms with van der Waals surface area (Å²) in [7, 11) is 0. The van der Waals surface area contributed by atoms with Crippen LogP contribution < -0.4 is 14.9 Å². The van der Waals surface area contributed by atoms with Crippen LogP contribution >= 0.6 is 11.8 Å². The summed E-state index contributed by atoms with van der Waals surface area (Å²) in [5.41, 5.74) is 2.89. The van der Waals surface area contributed by atoms with Gasteiger partial charge in [0.25, 0.3) is 0 Å². The Labute approximate surface area is 128 Å². The maximum atomic E-state index is 11.3. The fourth-order valence-corrected chi connectivity index (χ4v) is 2.54. The lowest BCUT2D eigenvalue weighted by molar-refractivity contribution is -0.115. The van der Waals surface area contributed by atoms with Crippen LogP contribution in [0.5, 0.6) is 5.75 Å². The van der Waals surface area contributed by atoms with Crippen LogP contribution in [0.4, 0.5) is 5.69 Å². The zero-order chi connectivity index (χ0) is 14.7. The fourth-order valence-electron chi connectivity index (χ4n) is 2.35. The summed E-state index contributed by atoms with van der Waals surface area (Å²) in [6, 6.07) is 15.4. The van der Waals surface area contributed by atoms with Gasteiger partial charge in [0, 0.05) is 5.69 Å². The molecule has 4 nitrogen and oxygen atoms in total. The monoisotopic (exact) mass is 302 g/mol. The lowest BCUT2D eigenvalue weighted by Crippen LogP contribution is -2.19. The van der Waals surface area contributed by atoms with Crippen molar-refractivity contribution in [2.24, 2.45) is 0 Å². The quantitative estimate of drug-likeness (QED) is 0.835. The molecule has 21 heavy (non-hydrogen) atoms. The number of ether oxygens (including phenoxy) is 1. The molecule has 2 aromatic carbocycles. The molecule has 0 aromatic heterocycles. The molecule has 0 aliphatic carbocycles. The summed E-state index contributed by atoms with van der Waals surface area (Å²) in [5, 5.41) is 2.80.